The number of ether oxygens (including phenoxy) is 2. The van der Waals surface area contributed by atoms with Gasteiger partial charge < -0.3 is 19.7 Å². The third-order valence-electron chi connectivity index (χ3n) is 5.58. The largest absolute Gasteiger partial charge is 0.465 e. The summed E-state index contributed by atoms with van der Waals surface area (Å²) in [5, 5.41) is 7.63. The van der Waals surface area contributed by atoms with Gasteiger partial charge in [-0.2, -0.15) is 5.10 Å². The van der Waals surface area contributed by atoms with Crippen LogP contribution in [0, 0.1) is 5.92 Å². The van der Waals surface area contributed by atoms with Crippen LogP contribution in [0.3, 0.4) is 0 Å². The van der Waals surface area contributed by atoms with Crippen molar-refractivity contribution in [2.24, 2.45) is 5.92 Å². The molecule has 0 aliphatic carbocycles. The van der Waals surface area contributed by atoms with Crippen LogP contribution < -0.4 is 5.32 Å². The number of fused-ring (bicyclic) bond motifs is 1. The van der Waals surface area contributed by atoms with E-state index in [1.807, 2.05) is 6.92 Å². The Morgan fingerprint density at radius 3 is 2.77 bits per heavy atom. The van der Waals surface area contributed by atoms with Crippen molar-refractivity contribution in [2.45, 2.75) is 52.5 Å². The molecule has 30 heavy (non-hydrogen) atoms. The molecule has 1 N–H and O–H groups in total. The molecule has 1 saturated heterocycles. The van der Waals surface area contributed by atoms with Gasteiger partial charge in [-0.1, -0.05) is 0 Å². The second-order valence-corrected chi connectivity index (χ2v) is 7.81. The Labute approximate surface area is 177 Å². The molecule has 0 saturated carbocycles. The lowest BCUT2D eigenvalue weighted by molar-refractivity contribution is -0.157. The Morgan fingerprint density at radius 2 is 2.03 bits per heavy atom. The van der Waals surface area contributed by atoms with Crippen LogP contribution in [-0.2, 0) is 38.4 Å². The Balaban J connectivity index is 1.57. The minimum atomic E-state index is -0.248. The molecule has 0 spiro atoms. The first kappa shape index (κ1) is 22.3. The highest BCUT2D eigenvalue weighted by Gasteiger charge is 2.35. The van der Waals surface area contributed by atoms with E-state index >= 15 is 0 Å². The lowest BCUT2D eigenvalue weighted by Crippen LogP contribution is -2.52. The molecular weight excluding hydrogens is 388 g/mol. The van der Waals surface area contributed by atoms with Crippen LogP contribution in [-0.4, -0.2) is 71.9 Å². The first-order chi connectivity index (χ1) is 14.5. The molecule has 2 aliphatic heterocycles. The molecule has 1 aromatic rings. The first-order valence-corrected chi connectivity index (χ1v) is 10.9. The molecule has 0 radical (unpaired) electrons. The predicted molar refractivity (Wildman–Crippen MR) is 109 cm³/mol. The van der Waals surface area contributed by atoms with E-state index in [4.69, 9.17) is 9.47 Å². The van der Waals surface area contributed by atoms with Crippen LogP contribution >= 0.6 is 0 Å². The molecule has 2 amide bonds. The lowest BCUT2D eigenvalue weighted by Gasteiger charge is -2.36. The van der Waals surface area contributed by atoms with Crippen molar-refractivity contribution in [1.82, 2.24) is 20.0 Å². The fourth-order valence-electron chi connectivity index (χ4n) is 3.82. The second-order valence-electron chi connectivity index (χ2n) is 7.81. The molecular formula is C21H32N4O5. The Hall–Kier alpha value is -2.42. The standard InChI is InChI=1S/C21H32N4O5/c1-3-25-19-17(7-4-10-29-11-6-9-22-20(19)27)18(23-25)8-5-12-30-21(28)16-13-24(14-16)15(2)26/h16H,3-14H2,1-2H3,(H,22,27). The molecule has 2 aliphatic rings. The summed E-state index contributed by atoms with van der Waals surface area (Å²) in [5.41, 5.74) is 2.51. The summed E-state index contributed by atoms with van der Waals surface area (Å²) < 4.78 is 12.8. The SMILES string of the molecule is CCn1nc(CCCOC(=O)C2CN(C(C)=O)C2)c2c1C(=O)NCCCOCCC2. The van der Waals surface area contributed by atoms with Gasteiger partial charge in [0.1, 0.15) is 5.69 Å². The third-order valence-corrected chi connectivity index (χ3v) is 5.58. The number of hydrogen-bond donors (Lipinski definition) is 1. The van der Waals surface area contributed by atoms with Gasteiger partial charge in [0.15, 0.2) is 0 Å². The van der Waals surface area contributed by atoms with Crippen LogP contribution in [0.2, 0.25) is 0 Å². The van der Waals surface area contributed by atoms with E-state index in [0.717, 1.165) is 30.5 Å². The van der Waals surface area contributed by atoms with Gasteiger partial charge in [-0.25, -0.2) is 0 Å². The highest BCUT2D eigenvalue weighted by molar-refractivity contribution is 5.94. The van der Waals surface area contributed by atoms with E-state index in [-0.39, 0.29) is 23.7 Å². The summed E-state index contributed by atoms with van der Waals surface area (Å²) in [7, 11) is 0. The minimum absolute atomic E-state index is 0.0151. The molecule has 3 heterocycles. The fourth-order valence-corrected chi connectivity index (χ4v) is 3.82. The van der Waals surface area contributed by atoms with E-state index < -0.39 is 0 Å². The van der Waals surface area contributed by atoms with Crippen LogP contribution in [0.4, 0.5) is 0 Å². The number of rotatable bonds is 6. The normalized spacial score (nSPS) is 18.1. The first-order valence-electron chi connectivity index (χ1n) is 10.9. The van der Waals surface area contributed by atoms with Gasteiger partial charge in [-0.15, -0.1) is 0 Å². The fraction of sp³-hybridized carbons (Fsp3) is 0.714. The number of aryl methyl sites for hydroxylation is 2. The number of nitrogens with zero attached hydrogens (tertiary/aromatic N) is 3. The smallest absolute Gasteiger partial charge is 0.312 e. The number of likely N-dealkylation sites (tertiary alicyclic amines) is 1. The predicted octanol–water partition coefficient (Wildman–Crippen LogP) is 0.940. The van der Waals surface area contributed by atoms with Crippen LogP contribution in [0.5, 0.6) is 0 Å². The van der Waals surface area contributed by atoms with Crippen molar-refractivity contribution in [3.8, 4) is 0 Å². The quantitative estimate of drug-likeness (QED) is 0.543. The average molecular weight is 421 g/mol. The second kappa shape index (κ2) is 10.6. The van der Waals surface area contributed by atoms with Crippen molar-refractivity contribution in [1.29, 1.82) is 0 Å². The molecule has 0 bridgehead atoms. The summed E-state index contributed by atoms with van der Waals surface area (Å²) in [6, 6.07) is 0. The van der Waals surface area contributed by atoms with Crippen molar-refractivity contribution in [2.75, 3.05) is 39.5 Å². The summed E-state index contributed by atoms with van der Waals surface area (Å²) in [6.45, 7) is 7.19. The van der Waals surface area contributed by atoms with Crippen molar-refractivity contribution >= 4 is 17.8 Å². The number of esters is 1. The molecule has 9 nitrogen and oxygen atoms in total. The highest BCUT2D eigenvalue weighted by Crippen LogP contribution is 2.20. The summed E-state index contributed by atoms with van der Waals surface area (Å²) in [6.07, 6.45) is 3.65. The highest BCUT2D eigenvalue weighted by atomic mass is 16.5. The topological polar surface area (TPSA) is 103 Å². The van der Waals surface area contributed by atoms with E-state index in [9.17, 15) is 14.4 Å². The molecule has 166 valence electrons. The maximum atomic E-state index is 12.7. The van der Waals surface area contributed by atoms with Crippen LogP contribution in [0.15, 0.2) is 0 Å². The molecule has 0 aromatic carbocycles. The van der Waals surface area contributed by atoms with E-state index in [1.165, 1.54) is 6.92 Å². The van der Waals surface area contributed by atoms with Gasteiger partial charge in [0.05, 0.1) is 18.2 Å². The van der Waals surface area contributed by atoms with Crippen LogP contribution in [0.25, 0.3) is 0 Å². The van der Waals surface area contributed by atoms with Crippen molar-refractivity contribution < 1.29 is 23.9 Å². The Morgan fingerprint density at radius 1 is 1.27 bits per heavy atom. The zero-order valence-electron chi connectivity index (χ0n) is 17.9. The monoisotopic (exact) mass is 420 g/mol. The van der Waals surface area contributed by atoms with Gasteiger partial charge in [-0.3, -0.25) is 19.1 Å². The number of aromatic nitrogens is 2. The third kappa shape index (κ3) is 5.38. The Kier molecular flexibility index (Phi) is 7.84. The molecule has 1 aromatic heterocycles. The van der Waals surface area contributed by atoms with Crippen LogP contribution in [0.1, 0.15) is 54.9 Å². The van der Waals surface area contributed by atoms with Gasteiger partial charge in [0, 0.05) is 51.9 Å². The molecule has 0 unspecified atom stereocenters. The maximum absolute atomic E-state index is 12.7. The zero-order chi connectivity index (χ0) is 21.5. The maximum Gasteiger partial charge on any atom is 0.312 e. The number of carbonyl (C=O) groups is 3. The van der Waals surface area contributed by atoms with E-state index in [1.54, 1.807) is 9.58 Å². The molecule has 0 atom stereocenters. The van der Waals surface area contributed by atoms with Gasteiger partial charge >= 0.3 is 5.97 Å². The van der Waals surface area contributed by atoms with Crippen molar-refractivity contribution in [3.63, 3.8) is 0 Å². The summed E-state index contributed by atoms with van der Waals surface area (Å²) in [5.74, 6) is -0.561. The number of amides is 2. The molecule has 3 rings (SSSR count). The summed E-state index contributed by atoms with van der Waals surface area (Å²) in [4.78, 5) is 37.6. The molecule has 9 heteroatoms. The number of carbonyl (C=O) groups excluding carboxylic acids is 3. The number of nitrogens with one attached hydrogen (secondary N) is 1. The zero-order valence-corrected chi connectivity index (χ0v) is 17.9. The van der Waals surface area contributed by atoms with Gasteiger partial charge in [0.2, 0.25) is 5.91 Å². The van der Waals surface area contributed by atoms with Gasteiger partial charge in [0.25, 0.3) is 5.91 Å². The Bertz CT molecular complexity index is 770. The van der Waals surface area contributed by atoms with Gasteiger partial charge in [-0.05, 0) is 39.0 Å². The lowest BCUT2D eigenvalue weighted by atomic mass is 10.0. The summed E-state index contributed by atoms with van der Waals surface area (Å²) >= 11 is 0. The number of hydrogen-bond acceptors (Lipinski definition) is 6. The minimum Gasteiger partial charge on any atom is -0.465 e. The average Bonchev–Trinajstić information content (AvgIpc) is 3.01. The van der Waals surface area contributed by atoms with E-state index in [2.05, 4.69) is 10.4 Å². The van der Waals surface area contributed by atoms with E-state index in [0.29, 0.717) is 64.5 Å². The van der Waals surface area contributed by atoms with Crippen molar-refractivity contribution in [3.05, 3.63) is 17.0 Å². The molecule has 1 fully saturated rings.